The zero-order chi connectivity index (χ0) is 11.5. The number of allylic oxidation sites excluding steroid dienone is 2. The number of hydroxylamine groups is 1. The number of Topliss-reactive ketones (excluding diaryl/α,β-unsaturated/α-hetero) is 2. The Morgan fingerprint density at radius 3 is 2.31 bits per heavy atom. The number of rotatable bonds is 3. The van der Waals surface area contributed by atoms with E-state index in [0.717, 1.165) is 0 Å². The minimum atomic E-state index is -0.946. The zero-order valence-electron chi connectivity index (χ0n) is 8.77. The highest BCUT2D eigenvalue weighted by atomic mass is 16.7. The van der Waals surface area contributed by atoms with Gasteiger partial charge in [0, 0.05) is 12.8 Å². The fourth-order valence-corrected chi connectivity index (χ4v) is 1.86. The molecule has 0 amide bonds. The summed E-state index contributed by atoms with van der Waals surface area (Å²) in [4.78, 5) is 38.7. The van der Waals surface area contributed by atoms with Crippen molar-refractivity contribution in [3.05, 3.63) is 12.2 Å². The highest BCUT2D eigenvalue weighted by Gasteiger charge is 2.34. The molecule has 0 unspecified atom stereocenters. The summed E-state index contributed by atoms with van der Waals surface area (Å²) in [7, 11) is 0. The topological polar surface area (TPSA) is 72.5 Å². The molecule has 0 saturated heterocycles. The van der Waals surface area contributed by atoms with E-state index in [1.807, 2.05) is 12.2 Å². The van der Waals surface area contributed by atoms with Crippen molar-refractivity contribution in [2.24, 2.45) is 5.92 Å². The molecule has 0 radical (unpaired) electrons. The van der Waals surface area contributed by atoms with Crippen molar-refractivity contribution in [2.75, 3.05) is 0 Å². The number of hydrogen-bond donors (Lipinski definition) is 1. The fraction of sp³-hybridized carbons (Fsp3) is 0.545. The van der Waals surface area contributed by atoms with Crippen LogP contribution >= 0.6 is 0 Å². The van der Waals surface area contributed by atoms with E-state index < -0.39 is 12.0 Å². The smallest absolute Gasteiger partial charge is 0.328 e. The van der Waals surface area contributed by atoms with Gasteiger partial charge in [-0.15, -0.1) is 5.48 Å². The van der Waals surface area contributed by atoms with Crippen LogP contribution in [0.15, 0.2) is 12.2 Å². The SMILES string of the molecule is O=C(ONC1C(=O)CCC1=O)C1CC=CC1. The largest absolute Gasteiger partial charge is 0.369 e. The first-order chi connectivity index (χ1) is 7.68. The van der Waals surface area contributed by atoms with Crippen molar-refractivity contribution < 1.29 is 19.2 Å². The first kappa shape index (κ1) is 11.0. The summed E-state index contributed by atoms with van der Waals surface area (Å²) in [5, 5.41) is 0. The van der Waals surface area contributed by atoms with Crippen LogP contribution in [-0.4, -0.2) is 23.6 Å². The molecule has 1 fully saturated rings. The molecular weight excluding hydrogens is 210 g/mol. The van der Waals surface area contributed by atoms with Crippen LogP contribution in [0.4, 0.5) is 0 Å². The van der Waals surface area contributed by atoms with Crippen LogP contribution in [0.2, 0.25) is 0 Å². The highest BCUT2D eigenvalue weighted by Crippen LogP contribution is 2.19. The van der Waals surface area contributed by atoms with E-state index in [4.69, 9.17) is 4.84 Å². The molecule has 2 aliphatic carbocycles. The predicted molar refractivity (Wildman–Crippen MR) is 54.1 cm³/mol. The van der Waals surface area contributed by atoms with E-state index in [-0.39, 0.29) is 30.3 Å². The number of ketones is 2. The molecule has 5 nitrogen and oxygen atoms in total. The molecule has 0 spiro atoms. The minimum Gasteiger partial charge on any atom is -0.369 e. The Labute approximate surface area is 92.8 Å². The van der Waals surface area contributed by atoms with Crippen LogP contribution in [-0.2, 0) is 19.2 Å². The maximum Gasteiger partial charge on any atom is 0.328 e. The van der Waals surface area contributed by atoms with Crippen molar-refractivity contribution in [3.8, 4) is 0 Å². The van der Waals surface area contributed by atoms with Gasteiger partial charge >= 0.3 is 5.97 Å². The first-order valence-corrected chi connectivity index (χ1v) is 5.35. The van der Waals surface area contributed by atoms with Gasteiger partial charge in [0.25, 0.3) is 0 Å². The van der Waals surface area contributed by atoms with Gasteiger partial charge < -0.3 is 4.84 Å². The van der Waals surface area contributed by atoms with Gasteiger partial charge in [-0.25, -0.2) is 0 Å². The molecule has 0 aromatic rings. The maximum atomic E-state index is 11.5. The van der Waals surface area contributed by atoms with Gasteiger partial charge in [-0.3, -0.25) is 14.4 Å². The maximum absolute atomic E-state index is 11.5. The average Bonchev–Trinajstić information content (AvgIpc) is 2.87. The Bertz CT molecular complexity index is 337. The second-order valence-electron chi connectivity index (χ2n) is 4.04. The van der Waals surface area contributed by atoms with Gasteiger partial charge in [0.15, 0.2) is 17.6 Å². The summed E-state index contributed by atoms with van der Waals surface area (Å²) in [5.74, 6) is -0.999. The molecule has 5 heteroatoms. The lowest BCUT2D eigenvalue weighted by Gasteiger charge is -2.12. The molecule has 2 rings (SSSR count). The van der Waals surface area contributed by atoms with E-state index in [0.29, 0.717) is 12.8 Å². The van der Waals surface area contributed by atoms with E-state index in [2.05, 4.69) is 5.48 Å². The molecule has 0 heterocycles. The van der Waals surface area contributed by atoms with Crippen molar-refractivity contribution in [2.45, 2.75) is 31.7 Å². The second kappa shape index (κ2) is 4.57. The lowest BCUT2D eigenvalue weighted by atomic mass is 10.1. The molecule has 0 atom stereocenters. The summed E-state index contributed by atoms with van der Waals surface area (Å²) >= 11 is 0. The summed E-state index contributed by atoms with van der Waals surface area (Å²) in [5.41, 5.74) is 2.28. The quantitative estimate of drug-likeness (QED) is 0.423. The van der Waals surface area contributed by atoms with E-state index >= 15 is 0 Å². The Morgan fingerprint density at radius 1 is 1.19 bits per heavy atom. The van der Waals surface area contributed by atoms with Crippen LogP contribution in [0.1, 0.15) is 25.7 Å². The molecule has 0 aliphatic heterocycles. The normalized spacial score (nSPS) is 22.0. The standard InChI is InChI=1S/C11H13NO4/c13-8-5-6-9(14)10(8)12-16-11(15)7-3-1-2-4-7/h1-2,7,10,12H,3-6H2. The third kappa shape index (κ3) is 2.19. The number of carbonyl (C=O) groups excluding carboxylic acids is 3. The predicted octanol–water partition coefficient (Wildman–Crippen LogP) is 0.301. The van der Waals surface area contributed by atoms with Gasteiger partial charge in [0.2, 0.25) is 0 Å². The molecule has 86 valence electrons. The third-order valence-electron chi connectivity index (χ3n) is 2.88. The molecule has 2 aliphatic rings. The molecule has 0 bridgehead atoms. The van der Waals surface area contributed by atoms with Crippen molar-refractivity contribution >= 4 is 17.5 Å². The fourth-order valence-electron chi connectivity index (χ4n) is 1.86. The molecule has 0 aromatic carbocycles. The Hall–Kier alpha value is -1.49. The number of nitrogens with one attached hydrogen (secondary N) is 1. The summed E-state index contributed by atoms with van der Waals surface area (Å²) in [6, 6.07) is -0.946. The van der Waals surface area contributed by atoms with Gasteiger partial charge in [-0.2, -0.15) is 0 Å². The van der Waals surface area contributed by atoms with Crippen LogP contribution in [0.3, 0.4) is 0 Å². The third-order valence-corrected chi connectivity index (χ3v) is 2.88. The summed E-state index contributed by atoms with van der Waals surface area (Å²) in [6.45, 7) is 0. The monoisotopic (exact) mass is 223 g/mol. The molecule has 1 N–H and O–H groups in total. The van der Waals surface area contributed by atoms with Crippen LogP contribution < -0.4 is 5.48 Å². The highest BCUT2D eigenvalue weighted by molar-refractivity contribution is 6.12. The van der Waals surface area contributed by atoms with Gasteiger partial charge in [0.1, 0.15) is 0 Å². The lowest BCUT2D eigenvalue weighted by Crippen LogP contribution is -2.40. The lowest BCUT2D eigenvalue weighted by molar-refractivity contribution is -0.159. The number of hydrogen-bond acceptors (Lipinski definition) is 5. The summed E-state index contributed by atoms with van der Waals surface area (Å²) < 4.78 is 0. The molecule has 1 saturated carbocycles. The van der Waals surface area contributed by atoms with Crippen LogP contribution in [0.25, 0.3) is 0 Å². The van der Waals surface area contributed by atoms with Crippen LogP contribution in [0.5, 0.6) is 0 Å². The Morgan fingerprint density at radius 2 is 1.75 bits per heavy atom. The Balaban J connectivity index is 1.80. The summed E-state index contributed by atoms with van der Waals surface area (Å²) in [6.07, 6.45) is 5.62. The zero-order valence-corrected chi connectivity index (χ0v) is 8.77. The average molecular weight is 223 g/mol. The van der Waals surface area contributed by atoms with Gasteiger partial charge in [-0.1, -0.05) is 12.2 Å². The van der Waals surface area contributed by atoms with Gasteiger partial charge in [-0.05, 0) is 12.8 Å². The van der Waals surface area contributed by atoms with Crippen molar-refractivity contribution in [3.63, 3.8) is 0 Å². The second-order valence-corrected chi connectivity index (χ2v) is 4.04. The Kier molecular flexibility index (Phi) is 3.14. The van der Waals surface area contributed by atoms with Gasteiger partial charge in [0.05, 0.1) is 5.92 Å². The number of carbonyl (C=O) groups is 3. The van der Waals surface area contributed by atoms with Crippen molar-refractivity contribution in [1.29, 1.82) is 0 Å². The molecule has 16 heavy (non-hydrogen) atoms. The van der Waals surface area contributed by atoms with E-state index in [9.17, 15) is 14.4 Å². The van der Waals surface area contributed by atoms with Crippen molar-refractivity contribution in [1.82, 2.24) is 5.48 Å². The molecular formula is C11H13NO4. The van der Waals surface area contributed by atoms with Crippen LogP contribution in [0, 0.1) is 5.92 Å². The van der Waals surface area contributed by atoms with E-state index in [1.165, 1.54) is 0 Å². The minimum absolute atomic E-state index is 0.181. The van der Waals surface area contributed by atoms with E-state index in [1.54, 1.807) is 0 Å². The molecule has 0 aromatic heterocycles. The first-order valence-electron chi connectivity index (χ1n) is 5.35.